The van der Waals surface area contributed by atoms with E-state index in [1.807, 2.05) is 61.5 Å². The Bertz CT molecular complexity index is 555. The van der Waals surface area contributed by atoms with Gasteiger partial charge in [0.15, 0.2) is 5.75 Å². The Morgan fingerprint density at radius 1 is 1.11 bits per heavy atom. The molecule has 0 saturated heterocycles. The molecule has 0 amide bonds. The summed E-state index contributed by atoms with van der Waals surface area (Å²) in [5.74, 6) is 1.42. The second kappa shape index (κ2) is 5.31. The smallest absolute Gasteiger partial charge is 0.151 e. The van der Waals surface area contributed by atoms with Crippen LogP contribution in [0.15, 0.2) is 46.9 Å². The minimum absolute atomic E-state index is 0.619. The SMILES string of the molecule is CN(C)c1cccc(Oc2cc(Br)ccc2N)c1. The number of benzene rings is 2. The van der Waals surface area contributed by atoms with Crippen molar-refractivity contribution in [1.82, 2.24) is 0 Å². The van der Waals surface area contributed by atoms with E-state index < -0.39 is 0 Å². The fourth-order valence-electron chi connectivity index (χ4n) is 1.55. The monoisotopic (exact) mass is 306 g/mol. The molecule has 2 rings (SSSR count). The van der Waals surface area contributed by atoms with Crippen LogP contribution in [0.3, 0.4) is 0 Å². The van der Waals surface area contributed by atoms with Crippen molar-refractivity contribution in [2.45, 2.75) is 0 Å². The van der Waals surface area contributed by atoms with Gasteiger partial charge in [-0.3, -0.25) is 0 Å². The minimum Gasteiger partial charge on any atom is -0.455 e. The molecule has 2 aromatic carbocycles. The molecule has 0 aliphatic rings. The van der Waals surface area contributed by atoms with E-state index in [2.05, 4.69) is 15.9 Å². The van der Waals surface area contributed by atoms with Crippen LogP contribution in [0.25, 0.3) is 0 Å². The van der Waals surface area contributed by atoms with E-state index in [9.17, 15) is 0 Å². The summed E-state index contributed by atoms with van der Waals surface area (Å²) < 4.78 is 6.74. The molecule has 2 aromatic rings. The largest absolute Gasteiger partial charge is 0.455 e. The maximum absolute atomic E-state index is 5.88. The molecular formula is C14H15BrN2O. The number of ether oxygens (including phenoxy) is 1. The molecule has 4 heteroatoms. The summed E-state index contributed by atoms with van der Waals surface area (Å²) >= 11 is 3.40. The maximum atomic E-state index is 5.88. The molecule has 0 atom stereocenters. The summed E-state index contributed by atoms with van der Waals surface area (Å²) in [5.41, 5.74) is 7.58. The van der Waals surface area contributed by atoms with Gasteiger partial charge in [0.25, 0.3) is 0 Å². The van der Waals surface area contributed by atoms with Crippen molar-refractivity contribution >= 4 is 27.3 Å². The highest BCUT2D eigenvalue weighted by atomic mass is 79.9. The molecule has 3 nitrogen and oxygen atoms in total. The van der Waals surface area contributed by atoms with Gasteiger partial charge in [-0.25, -0.2) is 0 Å². The minimum atomic E-state index is 0.619. The molecule has 0 saturated carbocycles. The quantitative estimate of drug-likeness (QED) is 0.874. The Labute approximate surface area is 115 Å². The number of anilines is 2. The number of nitrogen functional groups attached to an aromatic ring is 1. The second-order valence-corrected chi connectivity index (χ2v) is 5.09. The first-order valence-corrected chi connectivity index (χ1v) is 6.36. The Hall–Kier alpha value is -1.68. The Morgan fingerprint density at radius 2 is 1.89 bits per heavy atom. The van der Waals surface area contributed by atoms with Gasteiger partial charge in [-0.15, -0.1) is 0 Å². The van der Waals surface area contributed by atoms with Crippen molar-refractivity contribution in [2.75, 3.05) is 24.7 Å². The fourth-order valence-corrected chi connectivity index (χ4v) is 1.89. The summed E-state index contributed by atoms with van der Waals surface area (Å²) in [4.78, 5) is 2.02. The molecule has 0 unspecified atom stereocenters. The molecule has 0 fully saturated rings. The van der Waals surface area contributed by atoms with Crippen LogP contribution in [-0.2, 0) is 0 Å². The summed E-state index contributed by atoms with van der Waals surface area (Å²) in [5, 5.41) is 0. The van der Waals surface area contributed by atoms with Gasteiger partial charge in [0.2, 0.25) is 0 Å². The number of halogens is 1. The average molecular weight is 307 g/mol. The van der Waals surface area contributed by atoms with Crippen molar-refractivity contribution in [2.24, 2.45) is 0 Å². The molecule has 94 valence electrons. The Balaban J connectivity index is 2.28. The molecule has 2 N–H and O–H groups in total. The van der Waals surface area contributed by atoms with Gasteiger partial charge in [0.05, 0.1) is 5.69 Å². The zero-order valence-electron chi connectivity index (χ0n) is 10.4. The van der Waals surface area contributed by atoms with Crippen molar-refractivity contribution in [3.8, 4) is 11.5 Å². The van der Waals surface area contributed by atoms with Crippen LogP contribution in [0, 0.1) is 0 Å². The van der Waals surface area contributed by atoms with E-state index in [0.29, 0.717) is 11.4 Å². The van der Waals surface area contributed by atoms with Crippen LogP contribution in [-0.4, -0.2) is 14.1 Å². The number of hydrogen-bond donors (Lipinski definition) is 1. The molecule has 0 bridgehead atoms. The first-order chi connectivity index (χ1) is 8.56. The molecule has 0 heterocycles. The molecule has 0 radical (unpaired) electrons. The Morgan fingerprint density at radius 3 is 2.61 bits per heavy atom. The summed E-state index contributed by atoms with van der Waals surface area (Å²) in [6.07, 6.45) is 0. The second-order valence-electron chi connectivity index (χ2n) is 4.18. The predicted molar refractivity (Wildman–Crippen MR) is 79.4 cm³/mol. The van der Waals surface area contributed by atoms with Crippen LogP contribution < -0.4 is 15.4 Å². The lowest BCUT2D eigenvalue weighted by atomic mass is 10.2. The van der Waals surface area contributed by atoms with E-state index in [-0.39, 0.29) is 0 Å². The zero-order chi connectivity index (χ0) is 13.1. The molecule has 18 heavy (non-hydrogen) atoms. The van der Waals surface area contributed by atoms with Gasteiger partial charge < -0.3 is 15.4 Å². The highest BCUT2D eigenvalue weighted by Gasteiger charge is 2.04. The predicted octanol–water partition coefficient (Wildman–Crippen LogP) is 3.89. The molecule has 0 spiro atoms. The lowest BCUT2D eigenvalue weighted by Gasteiger charge is -2.14. The molecule has 0 aliphatic carbocycles. The van der Waals surface area contributed by atoms with Crippen molar-refractivity contribution in [1.29, 1.82) is 0 Å². The highest BCUT2D eigenvalue weighted by Crippen LogP contribution is 2.31. The number of nitrogens with zero attached hydrogens (tertiary/aromatic N) is 1. The van der Waals surface area contributed by atoms with Gasteiger partial charge in [-0.2, -0.15) is 0 Å². The third-order valence-electron chi connectivity index (χ3n) is 2.54. The van der Waals surface area contributed by atoms with E-state index in [1.54, 1.807) is 0 Å². The lowest BCUT2D eigenvalue weighted by molar-refractivity contribution is 0.485. The van der Waals surface area contributed by atoms with Crippen LogP contribution in [0.2, 0.25) is 0 Å². The van der Waals surface area contributed by atoms with Gasteiger partial charge in [-0.1, -0.05) is 22.0 Å². The first-order valence-electron chi connectivity index (χ1n) is 5.56. The molecule has 0 aliphatic heterocycles. The third kappa shape index (κ3) is 2.96. The van der Waals surface area contributed by atoms with Gasteiger partial charge in [0.1, 0.15) is 5.75 Å². The zero-order valence-corrected chi connectivity index (χ0v) is 11.9. The fraction of sp³-hybridized carbons (Fsp3) is 0.143. The van der Waals surface area contributed by atoms with Crippen molar-refractivity contribution in [3.63, 3.8) is 0 Å². The average Bonchev–Trinajstić information content (AvgIpc) is 2.34. The maximum Gasteiger partial charge on any atom is 0.151 e. The summed E-state index contributed by atoms with van der Waals surface area (Å²) in [6, 6.07) is 13.4. The van der Waals surface area contributed by atoms with Gasteiger partial charge >= 0.3 is 0 Å². The first kappa shape index (κ1) is 12.8. The van der Waals surface area contributed by atoms with Crippen molar-refractivity contribution < 1.29 is 4.74 Å². The van der Waals surface area contributed by atoms with Crippen LogP contribution >= 0.6 is 15.9 Å². The Kier molecular flexibility index (Phi) is 3.77. The molecule has 0 aromatic heterocycles. The number of rotatable bonds is 3. The standard InChI is InChI=1S/C14H15BrN2O/c1-17(2)11-4-3-5-12(9-11)18-14-8-10(15)6-7-13(14)16/h3-9H,16H2,1-2H3. The van der Waals surface area contributed by atoms with Crippen LogP contribution in [0.4, 0.5) is 11.4 Å². The van der Waals surface area contributed by atoms with E-state index in [1.165, 1.54) is 0 Å². The lowest BCUT2D eigenvalue weighted by Crippen LogP contribution is -2.08. The molecular weight excluding hydrogens is 292 g/mol. The number of nitrogens with two attached hydrogens (primary N) is 1. The van der Waals surface area contributed by atoms with E-state index >= 15 is 0 Å². The van der Waals surface area contributed by atoms with Crippen LogP contribution in [0.1, 0.15) is 0 Å². The topological polar surface area (TPSA) is 38.5 Å². The normalized spacial score (nSPS) is 10.2. The van der Waals surface area contributed by atoms with Gasteiger partial charge in [-0.05, 0) is 30.3 Å². The summed E-state index contributed by atoms with van der Waals surface area (Å²) in [7, 11) is 3.99. The van der Waals surface area contributed by atoms with E-state index in [0.717, 1.165) is 15.9 Å². The highest BCUT2D eigenvalue weighted by molar-refractivity contribution is 9.10. The summed E-state index contributed by atoms with van der Waals surface area (Å²) in [6.45, 7) is 0. The van der Waals surface area contributed by atoms with Crippen LogP contribution in [0.5, 0.6) is 11.5 Å². The van der Waals surface area contributed by atoms with E-state index in [4.69, 9.17) is 10.5 Å². The number of hydrogen-bond acceptors (Lipinski definition) is 3. The third-order valence-corrected chi connectivity index (χ3v) is 3.03. The van der Waals surface area contributed by atoms with Gasteiger partial charge in [0, 0.05) is 30.3 Å². The van der Waals surface area contributed by atoms with Crippen molar-refractivity contribution in [3.05, 3.63) is 46.9 Å².